The molecule has 0 unspecified atom stereocenters. The third kappa shape index (κ3) is 8.68. The maximum absolute atomic E-state index is 12.0. The van der Waals surface area contributed by atoms with Crippen LogP contribution >= 0.6 is 24.0 Å². The van der Waals surface area contributed by atoms with Crippen LogP contribution in [-0.4, -0.2) is 76.0 Å². The van der Waals surface area contributed by atoms with Gasteiger partial charge in [-0.3, -0.25) is 4.99 Å². The fraction of sp³-hybridized carbons (Fsp3) is 0.882. The molecule has 11 heteroatoms. The van der Waals surface area contributed by atoms with E-state index in [4.69, 9.17) is 4.74 Å². The van der Waals surface area contributed by atoms with Gasteiger partial charge in [0, 0.05) is 33.2 Å². The molecule has 9 nitrogen and oxygen atoms in total. The molecular weight excluding hydrogens is 497 g/mol. The molecule has 164 valence electrons. The molecule has 0 aromatic carbocycles. The number of likely N-dealkylation sites (tertiary alicyclic amines) is 1. The van der Waals surface area contributed by atoms with Crippen LogP contribution in [0.2, 0.25) is 0 Å². The first-order valence-electron chi connectivity index (χ1n) is 9.50. The number of ether oxygens (including phenoxy) is 1. The molecule has 0 radical (unpaired) electrons. The number of carbonyl (C=O) groups excluding carboxylic acids is 1. The zero-order valence-electron chi connectivity index (χ0n) is 17.2. The summed E-state index contributed by atoms with van der Waals surface area (Å²) in [5, 5.41) is 6.19. The van der Waals surface area contributed by atoms with Crippen LogP contribution in [0, 0.1) is 5.92 Å². The van der Waals surface area contributed by atoms with Gasteiger partial charge in [-0.25, -0.2) is 17.9 Å². The predicted octanol–water partition coefficient (Wildman–Crippen LogP) is 1.11. The lowest BCUT2D eigenvalue weighted by atomic mass is 9.86. The summed E-state index contributed by atoms with van der Waals surface area (Å²) in [7, 11) is -1.65. The summed E-state index contributed by atoms with van der Waals surface area (Å²) in [5.74, 6) is 1.02. The number of carbonyl (C=O) groups is 1. The minimum Gasteiger partial charge on any atom is -0.444 e. The molecule has 3 N–H and O–H groups in total. The van der Waals surface area contributed by atoms with Gasteiger partial charge in [0.1, 0.15) is 5.60 Å². The van der Waals surface area contributed by atoms with Crippen LogP contribution in [0.15, 0.2) is 4.99 Å². The molecule has 1 saturated carbocycles. The molecular formula is C17H34IN5O4S. The molecule has 28 heavy (non-hydrogen) atoms. The summed E-state index contributed by atoms with van der Waals surface area (Å²) in [6.45, 7) is 7.36. The lowest BCUT2D eigenvalue weighted by Crippen LogP contribution is -2.63. The van der Waals surface area contributed by atoms with Gasteiger partial charge >= 0.3 is 6.09 Å². The van der Waals surface area contributed by atoms with Gasteiger partial charge in [-0.2, -0.15) is 0 Å². The number of hydrogen-bond acceptors (Lipinski definition) is 5. The Hall–Kier alpha value is -0.820. The minimum absolute atomic E-state index is 0. The number of guanidine groups is 1. The second-order valence-corrected chi connectivity index (χ2v) is 10.1. The van der Waals surface area contributed by atoms with Gasteiger partial charge < -0.3 is 20.3 Å². The molecule has 0 aromatic rings. The van der Waals surface area contributed by atoms with E-state index in [-0.39, 0.29) is 48.4 Å². The molecule has 0 aromatic heterocycles. The van der Waals surface area contributed by atoms with Gasteiger partial charge in [0.2, 0.25) is 10.0 Å². The number of rotatable bonds is 7. The van der Waals surface area contributed by atoms with Gasteiger partial charge in [0.05, 0.1) is 11.8 Å². The molecule has 0 atom stereocenters. The number of hydrogen-bond donors (Lipinski definition) is 3. The Bertz CT molecular complexity index is 640. The third-order valence-corrected chi connectivity index (χ3v) is 5.93. The van der Waals surface area contributed by atoms with Crippen molar-refractivity contribution in [2.24, 2.45) is 10.9 Å². The molecule has 0 bridgehead atoms. The summed E-state index contributed by atoms with van der Waals surface area (Å²) in [5.41, 5.74) is -0.509. The standard InChI is InChI=1S/C17H33N5O4S.HI/c1-17(2,3)26-16(23)22-11-14(12-22)21-15(18-4)19-8-9-27(24,25)20-10-13-6-5-7-13;/h13-14,20H,5-12H2,1-4H3,(H2,18,19,21);1H. The summed E-state index contributed by atoms with van der Waals surface area (Å²) in [6.07, 6.45) is 3.09. The van der Waals surface area contributed by atoms with Crippen molar-refractivity contribution >= 4 is 46.1 Å². The van der Waals surface area contributed by atoms with Crippen molar-refractivity contribution in [1.82, 2.24) is 20.3 Å². The number of halogens is 1. The van der Waals surface area contributed by atoms with Gasteiger partial charge in [-0.05, 0) is 39.5 Å². The fourth-order valence-corrected chi connectivity index (χ4v) is 3.76. The summed E-state index contributed by atoms with van der Waals surface area (Å²) < 4.78 is 32.0. The lowest BCUT2D eigenvalue weighted by Gasteiger charge is -2.40. The van der Waals surface area contributed by atoms with Crippen LogP contribution in [0.4, 0.5) is 4.79 Å². The summed E-state index contributed by atoms with van der Waals surface area (Å²) in [4.78, 5) is 17.6. The first kappa shape index (κ1) is 25.2. The van der Waals surface area contributed by atoms with E-state index in [1.807, 2.05) is 20.8 Å². The molecule has 2 fully saturated rings. The second-order valence-electron chi connectivity index (χ2n) is 8.19. The molecule has 1 aliphatic heterocycles. The Morgan fingerprint density at radius 2 is 1.89 bits per heavy atom. The molecule has 1 heterocycles. The highest BCUT2D eigenvalue weighted by molar-refractivity contribution is 14.0. The van der Waals surface area contributed by atoms with Gasteiger partial charge in [-0.1, -0.05) is 6.42 Å². The topological polar surface area (TPSA) is 112 Å². The monoisotopic (exact) mass is 531 g/mol. The van der Waals surface area contributed by atoms with Crippen LogP contribution in [0.3, 0.4) is 0 Å². The molecule has 1 saturated heterocycles. The Morgan fingerprint density at radius 3 is 2.39 bits per heavy atom. The number of sulfonamides is 1. The number of aliphatic imine (C=N–C) groups is 1. The quantitative estimate of drug-likeness (QED) is 0.258. The Balaban J connectivity index is 0.00000392. The third-order valence-electron chi connectivity index (χ3n) is 4.58. The van der Waals surface area contributed by atoms with Crippen LogP contribution in [0.5, 0.6) is 0 Å². The van der Waals surface area contributed by atoms with Crippen LogP contribution in [0.25, 0.3) is 0 Å². The number of nitrogens with zero attached hydrogens (tertiary/aromatic N) is 2. The second kappa shape index (κ2) is 10.8. The summed E-state index contributed by atoms with van der Waals surface area (Å²) in [6, 6.07) is 0.0667. The number of nitrogens with one attached hydrogen (secondary N) is 3. The van der Waals surface area contributed by atoms with Crippen molar-refractivity contribution in [3.63, 3.8) is 0 Å². The van der Waals surface area contributed by atoms with Crippen molar-refractivity contribution in [3.05, 3.63) is 0 Å². The zero-order chi connectivity index (χ0) is 20.1. The molecule has 2 rings (SSSR count). The van der Waals surface area contributed by atoms with E-state index < -0.39 is 15.6 Å². The first-order chi connectivity index (χ1) is 12.6. The lowest BCUT2D eigenvalue weighted by molar-refractivity contribution is 0.00701. The highest BCUT2D eigenvalue weighted by Crippen LogP contribution is 2.25. The smallest absolute Gasteiger partial charge is 0.410 e. The van der Waals surface area contributed by atoms with Crippen molar-refractivity contribution in [1.29, 1.82) is 0 Å². The first-order valence-corrected chi connectivity index (χ1v) is 11.2. The molecule has 0 spiro atoms. The maximum atomic E-state index is 12.0. The minimum atomic E-state index is -3.28. The van der Waals surface area contributed by atoms with Gasteiger partial charge in [0.15, 0.2) is 5.96 Å². The maximum Gasteiger partial charge on any atom is 0.410 e. The normalized spacial score (nSPS) is 18.6. The predicted molar refractivity (Wildman–Crippen MR) is 121 cm³/mol. The Kier molecular flexibility index (Phi) is 9.74. The van der Waals surface area contributed by atoms with E-state index >= 15 is 0 Å². The van der Waals surface area contributed by atoms with Crippen LogP contribution in [-0.2, 0) is 14.8 Å². The van der Waals surface area contributed by atoms with Crippen LogP contribution in [0.1, 0.15) is 40.0 Å². The molecule has 2 aliphatic rings. The van der Waals surface area contributed by atoms with Crippen LogP contribution < -0.4 is 15.4 Å². The fourth-order valence-electron chi connectivity index (χ4n) is 2.75. The average molecular weight is 531 g/mol. The number of amides is 1. The molecule has 1 aliphatic carbocycles. The van der Waals surface area contributed by atoms with E-state index in [9.17, 15) is 13.2 Å². The molecule has 1 amide bonds. The van der Waals surface area contributed by atoms with Crippen molar-refractivity contribution in [2.45, 2.75) is 51.7 Å². The van der Waals surface area contributed by atoms with Gasteiger partial charge in [-0.15, -0.1) is 24.0 Å². The van der Waals surface area contributed by atoms with E-state index in [1.54, 1.807) is 11.9 Å². The summed E-state index contributed by atoms with van der Waals surface area (Å²) >= 11 is 0. The SMILES string of the molecule is CN=C(NCCS(=O)(=O)NCC1CCC1)NC1CN(C(=O)OC(C)(C)C)C1.I. The van der Waals surface area contributed by atoms with E-state index in [0.29, 0.717) is 31.5 Å². The van der Waals surface area contributed by atoms with E-state index in [2.05, 4.69) is 20.3 Å². The van der Waals surface area contributed by atoms with Crippen molar-refractivity contribution < 1.29 is 17.9 Å². The Morgan fingerprint density at radius 1 is 1.25 bits per heavy atom. The van der Waals surface area contributed by atoms with Crippen molar-refractivity contribution in [3.8, 4) is 0 Å². The van der Waals surface area contributed by atoms with E-state index in [0.717, 1.165) is 12.8 Å². The Labute approximate surface area is 185 Å². The average Bonchev–Trinajstić information content (AvgIpc) is 2.44. The van der Waals surface area contributed by atoms with Gasteiger partial charge in [0.25, 0.3) is 0 Å². The van der Waals surface area contributed by atoms with E-state index in [1.165, 1.54) is 6.42 Å². The highest BCUT2D eigenvalue weighted by atomic mass is 127. The largest absolute Gasteiger partial charge is 0.444 e. The highest BCUT2D eigenvalue weighted by Gasteiger charge is 2.34. The zero-order valence-corrected chi connectivity index (χ0v) is 20.3. The van der Waals surface area contributed by atoms with Crippen molar-refractivity contribution in [2.75, 3.05) is 39.0 Å².